The molecule has 0 fully saturated rings. The summed E-state index contributed by atoms with van der Waals surface area (Å²) in [5.41, 5.74) is 1.51. The number of aliphatic hydroxyl groups is 1. The molecule has 1 amide bonds. The summed E-state index contributed by atoms with van der Waals surface area (Å²) in [6.07, 6.45) is 1.18. The van der Waals surface area contributed by atoms with Crippen molar-refractivity contribution in [2.45, 2.75) is 25.5 Å². The fraction of sp³-hybridized carbons (Fsp3) is 0.174. The number of carbonyl (C=O) groups is 2. The lowest BCUT2D eigenvalue weighted by molar-refractivity contribution is -0.136. The summed E-state index contributed by atoms with van der Waals surface area (Å²) in [5, 5.41) is 11.3. The van der Waals surface area contributed by atoms with E-state index in [2.05, 4.69) is 4.98 Å². The van der Waals surface area contributed by atoms with E-state index in [-0.39, 0.29) is 17.9 Å². The van der Waals surface area contributed by atoms with Crippen LogP contribution in [0.3, 0.4) is 0 Å². The molecule has 28 heavy (non-hydrogen) atoms. The molecular formula is C23H20N2O3. The minimum absolute atomic E-state index is 0.234. The number of rotatable bonds is 5. The van der Waals surface area contributed by atoms with Gasteiger partial charge < -0.3 is 10.0 Å². The Hall–Kier alpha value is -3.31. The Morgan fingerprint density at radius 3 is 2.46 bits per heavy atom. The first-order chi connectivity index (χ1) is 13.5. The number of ketones is 1. The molecule has 0 saturated heterocycles. The highest BCUT2D eigenvalue weighted by atomic mass is 16.3. The second-order valence-corrected chi connectivity index (χ2v) is 7.07. The third-order valence-electron chi connectivity index (χ3n) is 5.07. The molecule has 2 heterocycles. The Morgan fingerprint density at radius 1 is 1.04 bits per heavy atom. The van der Waals surface area contributed by atoms with Crippen molar-refractivity contribution in [1.29, 1.82) is 0 Å². The number of hydrogen-bond donors (Lipinski definition) is 1. The molecule has 1 aromatic heterocycles. The third kappa shape index (κ3) is 3.10. The summed E-state index contributed by atoms with van der Waals surface area (Å²) >= 11 is 0. The fourth-order valence-electron chi connectivity index (χ4n) is 3.56. The lowest BCUT2D eigenvalue weighted by Gasteiger charge is -2.22. The van der Waals surface area contributed by atoms with E-state index in [1.54, 1.807) is 41.3 Å². The van der Waals surface area contributed by atoms with E-state index < -0.39 is 11.5 Å². The molecule has 0 bridgehead atoms. The summed E-state index contributed by atoms with van der Waals surface area (Å²) in [6.45, 7) is 2.33. The quantitative estimate of drug-likeness (QED) is 0.697. The van der Waals surface area contributed by atoms with E-state index in [9.17, 15) is 14.7 Å². The maximum absolute atomic E-state index is 13.2. The van der Waals surface area contributed by atoms with Crippen molar-refractivity contribution in [3.8, 4) is 0 Å². The van der Waals surface area contributed by atoms with Crippen molar-refractivity contribution in [3.05, 3.63) is 95.3 Å². The average molecular weight is 372 g/mol. The maximum Gasteiger partial charge on any atom is 0.264 e. The molecule has 0 spiro atoms. The Morgan fingerprint density at radius 2 is 1.75 bits per heavy atom. The van der Waals surface area contributed by atoms with E-state index in [0.717, 1.165) is 11.1 Å². The van der Waals surface area contributed by atoms with Crippen LogP contribution in [0.2, 0.25) is 0 Å². The van der Waals surface area contributed by atoms with Crippen molar-refractivity contribution in [1.82, 2.24) is 4.98 Å². The van der Waals surface area contributed by atoms with Gasteiger partial charge in [-0.2, -0.15) is 0 Å². The first-order valence-corrected chi connectivity index (χ1v) is 9.13. The second kappa shape index (κ2) is 7.02. The van der Waals surface area contributed by atoms with Gasteiger partial charge in [0.1, 0.15) is 5.69 Å². The summed E-state index contributed by atoms with van der Waals surface area (Å²) in [5.74, 6) is -0.859. The van der Waals surface area contributed by atoms with Gasteiger partial charge in [0.25, 0.3) is 5.91 Å². The lowest BCUT2D eigenvalue weighted by Crippen LogP contribution is -2.41. The third-order valence-corrected chi connectivity index (χ3v) is 5.07. The van der Waals surface area contributed by atoms with Gasteiger partial charge in [0.05, 0.1) is 18.7 Å². The largest absolute Gasteiger partial charge is 0.375 e. The van der Waals surface area contributed by atoms with Crippen LogP contribution < -0.4 is 4.90 Å². The summed E-state index contributed by atoms with van der Waals surface area (Å²) in [6, 6.07) is 20.0. The Balaban J connectivity index is 1.68. The molecule has 1 aliphatic heterocycles. The highest BCUT2D eigenvalue weighted by molar-refractivity contribution is 6.10. The van der Waals surface area contributed by atoms with Crippen LogP contribution in [0.25, 0.3) is 0 Å². The molecule has 0 unspecified atom stereocenters. The maximum atomic E-state index is 13.2. The molecule has 2 aromatic carbocycles. The monoisotopic (exact) mass is 372 g/mol. The number of aromatic nitrogens is 1. The van der Waals surface area contributed by atoms with E-state index in [1.165, 1.54) is 6.20 Å². The summed E-state index contributed by atoms with van der Waals surface area (Å²) < 4.78 is 0. The van der Waals surface area contributed by atoms with Gasteiger partial charge in [-0.3, -0.25) is 14.6 Å². The number of hydrogen-bond acceptors (Lipinski definition) is 4. The molecule has 4 rings (SSSR count). The van der Waals surface area contributed by atoms with E-state index in [4.69, 9.17) is 0 Å². The van der Waals surface area contributed by atoms with Gasteiger partial charge in [0.2, 0.25) is 0 Å². The molecule has 0 saturated carbocycles. The predicted octanol–water partition coefficient (Wildman–Crippen LogP) is 3.40. The summed E-state index contributed by atoms with van der Waals surface area (Å²) in [4.78, 5) is 31.5. The van der Waals surface area contributed by atoms with E-state index in [1.807, 2.05) is 37.3 Å². The van der Waals surface area contributed by atoms with Crippen LogP contribution in [-0.4, -0.2) is 21.8 Å². The van der Waals surface area contributed by atoms with E-state index in [0.29, 0.717) is 17.8 Å². The first kappa shape index (κ1) is 18.1. The molecule has 140 valence electrons. The van der Waals surface area contributed by atoms with Gasteiger partial charge in [-0.05, 0) is 30.7 Å². The predicted molar refractivity (Wildman–Crippen MR) is 106 cm³/mol. The normalized spacial score (nSPS) is 18.2. The highest BCUT2D eigenvalue weighted by Gasteiger charge is 2.50. The fourth-order valence-corrected chi connectivity index (χ4v) is 3.56. The number of pyridine rings is 1. The number of fused-ring (bicyclic) bond motifs is 1. The number of nitrogens with zero attached hydrogens (tertiary/aromatic N) is 2. The molecule has 1 atom stereocenters. The zero-order valence-corrected chi connectivity index (χ0v) is 15.5. The van der Waals surface area contributed by atoms with Gasteiger partial charge in [-0.15, -0.1) is 0 Å². The molecule has 3 aromatic rings. The zero-order chi connectivity index (χ0) is 19.7. The number of benzene rings is 2. The van der Waals surface area contributed by atoms with Crippen molar-refractivity contribution < 1.29 is 14.7 Å². The van der Waals surface area contributed by atoms with Crippen LogP contribution >= 0.6 is 0 Å². The van der Waals surface area contributed by atoms with Crippen LogP contribution in [0.15, 0.2) is 72.9 Å². The lowest BCUT2D eigenvalue weighted by atomic mass is 9.89. The van der Waals surface area contributed by atoms with Crippen LogP contribution in [0.5, 0.6) is 0 Å². The summed E-state index contributed by atoms with van der Waals surface area (Å²) in [7, 11) is 0. The van der Waals surface area contributed by atoms with Crippen LogP contribution in [0, 0.1) is 6.92 Å². The van der Waals surface area contributed by atoms with Gasteiger partial charge in [0, 0.05) is 11.8 Å². The van der Waals surface area contributed by atoms with Gasteiger partial charge in [-0.1, -0.05) is 54.1 Å². The van der Waals surface area contributed by atoms with Crippen molar-refractivity contribution in [3.63, 3.8) is 0 Å². The Bertz CT molecular complexity index is 1030. The number of aryl methyl sites for hydroxylation is 1. The van der Waals surface area contributed by atoms with Crippen molar-refractivity contribution >= 4 is 17.4 Å². The topological polar surface area (TPSA) is 70.5 Å². The van der Waals surface area contributed by atoms with Gasteiger partial charge in [0.15, 0.2) is 11.4 Å². The molecule has 0 aliphatic carbocycles. The molecule has 5 nitrogen and oxygen atoms in total. The zero-order valence-electron chi connectivity index (χ0n) is 15.5. The first-order valence-electron chi connectivity index (χ1n) is 9.13. The molecule has 5 heteroatoms. The molecule has 0 radical (unpaired) electrons. The van der Waals surface area contributed by atoms with Crippen LogP contribution in [0.4, 0.5) is 5.69 Å². The highest BCUT2D eigenvalue weighted by Crippen LogP contribution is 2.43. The number of carbonyl (C=O) groups excluding carboxylic acids is 2. The molecule has 1 aliphatic rings. The second-order valence-electron chi connectivity index (χ2n) is 7.07. The smallest absolute Gasteiger partial charge is 0.264 e. The number of amides is 1. The van der Waals surface area contributed by atoms with E-state index >= 15 is 0 Å². The minimum atomic E-state index is -1.89. The Labute approximate surface area is 163 Å². The number of para-hydroxylation sites is 1. The Kier molecular flexibility index (Phi) is 4.53. The van der Waals surface area contributed by atoms with Crippen LogP contribution in [0.1, 0.15) is 33.6 Å². The van der Waals surface area contributed by atoms with Crippen molar-refractivity contribution in [2.24, 2.45) is 0 Å². The number of anilines is 1. The molecular weight excluding hydrogens is 352 g/mol. The van der Waals surface area contributed by atoms with Gasteiger partial charge in [-0.25, -0.2) is 0 Å². The van der Waals surface area contributed by atoms with Crippen LogP contribution in [-0.2, 0) is 16.9 Å². The van der Waals surface area contributed by atoms with Crippen molar-refractivity contribution in [2.75, 3.05) is 4.90 Å². The standard InChI is InChI=1S/C23H20N2O3/c1-16-9-11-17(12-10-16)15-25-20-8-3-2-6-18(20)23(28,22(25)27)14-21(26)19-7-4-5-13-24-19/h2-13,28H,14-15H2,1H3/t23-/m1/s1. The minimum Gasteiger partial charge on any atom is -0.375 e. The average Bonchev–Trinajstić information content (AvgIpc) is 2.92. The molecule has 1 N–H and O–H groups in total. The van der Waals surface area contributed by atoms with Gasteiger partial charge >= 0.3 is 0 Å². The SMILES string of the molecule is Cc1ccc(CN2C(=O)[C@@](O)(CC(=O)c3ccccn3)c3ccccc32)cc1. The number of Topliss-reactive ketones (excluding diaryl/α,β-unsaturated/α-hetero) is 1.